The maximum Gasteiger partial charge on any atom is 0.317 e. The van der Waals surface area contributed by atoms with Gasteiger partial charge in [0.2, 0.25) is 0 Å². The number of amides is 1. The Balaban J connectivity index is 2.79. The maximum atomic E-state index is 11.6. The average Bonchev–Trinajstić information content (AvgIpc) is 2.67. The standard InChI is InChI=1S/C6H6N4O2S2/c1-13-9-4-3(7-8-5(4)11)6(12)10(9)14-2/h1-2H3. The van der Waals surface area contributed by atoms with Crippen LogP contribution >= 0.6 is 23.9 Å². The van der Waals surface area contributed by atoms with Crippen molar-refractivity contribution in [1.82, 2.24) is 8.17 Å². The van der Waals surface area contributed by atoms with Crippen LogP contribution in [-0.4, -0.2) is 26.6 Å². The van der Waals surface area contributed by atoms with Crippen LogP contribution in [0.25, 0.3) is 0 Å². The molecular formula is C6H6N4O2S2. The Kier molecular flexibility index (Phi) is 2.23. The highest BCUT2D eigenvalue weighted by Crippen LogP contribution is 2.27. The van der Waals surface area contributed by atoms with Gasteiger partial charge in [-0.15, -0.1) is 10.2 Å². The van der Waals surface area contributed by atoms with Gasteiger partial charge in [0, 0.05) is 12.5 Å². The number of hydrogen-bond donors (Lipinski definition) is 0. The van der Waals surface area contributed by atoms with Crippen molar-refractivity contribution in [3.8, 4) is 0 Å². The van der Waals surface area contributed by atoms with E-state index < -0.39 is 5.91 Å². The smallest absolute Gasteiger partial charge is 0.264 e. The number of carbonyl (C=O) groups excluding carboxylic acids is 1. The minimum absolute atomic E-state index is 0.138. The second-order valence-electron chi connectivity index (χ2n) is 2.42. The van der Waals surface area contributed by atoms with Gasteiger partial charge in [-0.3, -0.25) is 9.59 Å². The number of carbonyl (C=O) groups is 1. The number of fused-ring (bicyclic) bond motifs is 1. The third kappa shape index (κ3) is 1.07. The van der Waals surface area contributed by atoms with Crippen molar-refractivity contribution in [1.29, 1.82) is 0 Å². The zero-order valence-electron chi connectivity index (χ0n) is 7.42. The Hall–Kier alpha value is -1.02. The van der Waals surface area contributed by atoms with Gasteiger partial charge in [0.25, 0.3) is 0 Å². The van der Waals surface area contributed by atoms with Crippen molar-refractivity contribution in [3.05, 3.63) is 16.0 Å². The lowest BCUT2D eigenvalue weighted by molar-refractivity contribution is 0.0996. The summed E-state index contributed by atoms with van der Waals surface area (Å²) < 4.78 is 2.88. The van der Waals surface area contributed by atoms with Crippen LogP contribution in [0.3, 0.4) is 0 Å². The Bertz CT molecular complexity index is 487. The first-order valence-electron chi connectivity index (χ1n) is 3.63. The topological polar surface area (TPSA) is 68.7 Å². The van der Waals surface area contributed by atoms with E-state index in [4.69, 9.17) is 0 Å². The molecular weight excluding hydrogens is 224 g/mol. The molecule has 0 bridgehead atoms. The molecule has 0 N–H and O–H groups in total. The Morgan fingerprint density at radius 2 is 1.71 bits per heavy atom. The summed E-state index contributed by atoms with van der Waals surface area (Å²) >= 11 is 2.49. The fourth-order valence-corrected chi connectivity index (χ4v) is 2.65. The molecule has 0 saturated heterocycles. The molecule has 0 saturated carbocycles. The zero-order chi connectivity index (χ0) is 10.3. The molecule has 8 heteroatoms. The lowest BCUT2D eigenvalue weighted by atomic mass is 10.4. The van der Waals surface area contributed by atoms with Crippen molar-refractivity contribution in [2.75, 3.05) is 12.5 Å². The molecule has 0 radical (unpaired) electrons. The first-order chi connectivity index (χ1) is 6.70. The minimum Gasteiger partial charge on any atom is -0.264 e. The molecule has 1 amide bonds. The Morgan fingerprint density at radius 3 is 2.29 bits per heavy atom. The van der Waals surface area contributed by atoms with E-state index in [9.17, 15) is 9.59 Å². The number of hydrogen-bond acceptors (Lipinski definition) is 5. The van der Waals surface area contributed by atoms with Gasteiger partial charge in [-0.1, -0.05) is 0 Å². The molecule has 1 aliphatic heterocycles. The van der Waals surface area contributed by atoms with Crippen LogP contribution in [0.15, 0.2) is 15.0 Å². The van der Waals surface area contributed by atoms with Crippen LogP contribution in [0, 0.1) is 0 Å². The van der Waals surface area contributed by atoms with Crippen LogP contribution in [0.2, 0.25) is 0 Å². The highest BCUT2D eigenvalue weighted by Gasteiger charge is 2.29. The Morgan fingerprint density at radius 1 is 1.07 bits per heavy atom. The summed E-state index contributed by atoms with van der Waals surface area (Å²) in [6.45, 7) is 0. The van der Waals surface area contributed by atoms with Gasteiger partial charge in [0.05, 0.1) is 0 Å². The van der Waals surface area contributed by atoms with E-state index in [0.29, 0.717) is 0 Å². The number of aromatic nitrogens is 2. The molecule has 74 valence electrons. The first kappa shape index (κ1) is 9.53. The van der Waals surface area contributed by atoms with Gasteiger partial charge in [0.15, 0.2) is 11.4 Å². The summed E-state index contributed by atoms with van der Waals surface area (Å²) in [5.41, 5.74) is 0.104. The lowest BCUT2D eigenvalue weighted by Crippen LogP contribution is -2.15. The molecule has 0 unspecified atom stereocenters. The fraction of sp³-hybridized carbons (Fsp3) is 0.333. The quantitative estimate of drug-likeness (QED) is 0.764. The normalized spacial score (nSPS) is 13.7. The van der Waals surface area contributed by atoms with E-state index in [1.54, 1.807) is 12.5 Å². The molecule has 0 atom stereocenters. The van der Waals surface area contributed by atoms with Gasteiger partial charge in [0.1, 0.15) is 0 Å². The van der Waals surface area contributed by atoms with Gasteiger partial charge in [-0.2, -0.15) is 4.09 Å². The maximum absolute atomic E-state index is 11.6. The van der Waals surface area contributed by atoms with Gasteiger partial charge >= 0.3 is 11.5 Å². The van der Waals surface area contributed by atoms with Gasteiger partial charge in [-0.05, 0) is 23.9 Å². The number of azo groups is 1. The van der Waals surface area contributed by atoms with Crippen LogP contribution in [0.1, 0.15) is 10.5 Å². The first-order valence-corrected chi connectivity index (χ1v) is 6.00. The van der Waals surface area contributed by atoms with E-state index >= 15 is 0 Å². The highest BCUT2D eigenvalue weighted by molar-refractivity contribution is 7.99. The molecule has 6 nitrogen and oxygen atoms in total. The van der Waals surface area contributed by atoms with Gasteiger partial charge < -0.3 is 0 Å². The second-order valence-corrected chi connectivity index (χ2v) is 3.84. The molecule has 1 aliphatic rings. The molecule has 0 aliphatic carbocycles. The van der Waals surface area contributed by atoms with Crippen LogP contribution < -0.4 is 5.56 Å². The van der Waals surface area contributed by atoms with Crippen molar-refractivity contribution in [3.63, 3.8) is 0 Å². The molecule has 2 rings (SSSR count). The molecule has 0 fully saturated rings. The number of nitrogens with zero attached hydrogens (tertiary/aromatic N) is 4. The fourth-order valence-electron chi connectivity index (χ4n) is 1.19. The summed E-state index contributed by atoms with van der Waals surface area (Å²) in [4.78, 5) is 22.9. The predicted octanol–water partition coefficient (Wildman–Crippen LogP) is 1.14. The van der Waals surface area contributed by atoms with Crippen LogP contribution in [0.4, 0.5) is 5.69 Å². The van der Waals surface area contributed by atoms with Gasteiger partial charge in [-0.25, -0.2) is 4.09 Å². The summed E-state index contributed by atoms with van der Waals surface area (Å²) in [7, 11) is 0. The van der Waals surface area contributed by atoms with Crippen molar-refractivity contribution < 1.29 is 4.79 Å². The van der Waals surface area contributed by atoms with E-state index in [2.05, 4.69) is 10.2 Å². The lowest BCUT2D eigenvalue weighted by Gasteiger charge is -2.04. The highest BCUT2D eigenvalue weighted by atomic mass is 32.2. The van der Waals surface area contributed by atoms with E-state index in [1.165, 1.54) is 32.1 Å². The molecule has 14 heavy (non-hydrogen) atoms. The summed E-state index contributed by atoms with van der Waals surface area (Å²) in [5, 5.41) is 6.89. The third-order valence-electron chi connectivity index (χ3n) is 1.75. The van der Waals surface area contributed by atoms with E-state index in [-0.39, 0.29) is 16.9 Å². The van der Waals surface area contributed by atoms with E-state index in [1.807, 2.05) is 0 Å². The summed E-state index contributed by atoms with van der Waals surface area (Å²) in [6, 6.07) is 0. The molecule has 1 aromatic rings. The molecule has 2 heterocycles. The predicted molar refractivity (Wildman–Crippen MR) is 55.4 cm³/mol. The van der Waals surface area contributed by atoms with E-state index in [0.717, 1.165) is 0 Å². The molecule has 0 aromatic carbocycles. The zero-order valence-corrected chi connectivity index (χ0v) is 9.05. The van der Waals surface area contributed by atoms with Crippen molar-refractivity contribution >= 4 is 35.5 Å². The SMILES string of the molecule is CSn1c2c(c(=O)n1SC)N=NC2=O. The molecule has 0 spiro atoms. The van der Waals surface area contributed by atoms with Crippen molar-refractivity contribution in [2.24, 2.45) is 10.2 Å². The summed E-state index contributed by atoms with van der Waals surface area (Å²) in [6.07, 6.45) is 3.53. The number of rotatable bonds is 2. The van der Waals surface area contributed by atoms with Crippen molar-refractivity contribution in [2.45, 2.75) is 0 Å². The second kappa shape index (κ2) is 3.28. The monoisotopic (exact) mass is 230 g/mol. The Labute approximate surface area is 87.6 Å². The molecule has 1 aromatic heterocycles. The average molecular weight is 230 g/mol. The minimum atomic E-state index is -0.459. The van der Waals surface area contributed by atoms with Crippen LogP contribution in [0.5, 0.6) is 0 Å². The van der Waals surface area contributed by atoms with Crippen LogP contribution in [-0.2, 0) is 0 Å². The third-order valence-corrected chi connectivity index (χ3v) is 3.22. The summed E-state index contributed by atoms with van der Waals surface area (Å²) in [5.74, 6) is -0.459. The largest absolute Gasteiger partial charge is 0.317 e.